The third kappa shape index (κ3) is 3.14. The van der Waals surface area contributed by atoms with Crippen molar-refractivity contribution in [2.75, 3.05) is 7.11 Å². The molecule has 1 aromatic heterocycles. The van der Waals surface area contributed by atoms with Gasteiger partial charge in [-0.25, -0.2) is 4.39 Å². The van der Waals surface area contributed by atoms with Gasteiger partial charge in [0.15, 0.2) is 0 Å². The molecule has 0 radical (unpaired) electrons. The van der Waals surface area contributed by atoms with Crippen molar-refractivity contribution >= 4 is 27.3 Å². The van der Waals surface area contributed by atoms with Crippen LogP contribution in [0.25, 0.3) is 0 Å². The van der Waals surface area contributed by atoms with Crippen molar-refractivity contribution in [3.63, 3.8) is 0 Å². The molecule has 0 spiro atoms. The first-order valence-electron chi connectivity index (χ1n) is 5.67. The molecule has 2 rings (SSSR count). The van der Waals surface area contributed by atoms with Gasteiger partial charge < -0.3 is 4.74 Å². The maximum atomic E-state index is 14.0. The van der Waals surface area contributed by atoms with E-state index in [4.69, 9.17) is 10.6 Å². The highest BCUT2D eigenvalue weighted by Gasteiger charge is 2.21. The Morgan fingerprint density at radius 1 is 1.47 bits per heavy atom. The summed E-state index contributed by atoms with van der Waals surface area (Å²) < 4.78 is 20.2. The van der Waals surface area contributed by atoms with Gasteiger partial charge in [0.2, 0.25) is 0 Å². The number of methoxy groups -OCH3 is 1. The molecule has 0 aliphatic heterocycles. The van der Waals surface area contributed by atoms with E-state index in [0.717, 1.165) is 9.35 Å². The summed E-state index contributed by atoms with van der Waals surface area (Å²) in [5, 5.41) is 1.98. The molecule has 0 amide bonds. The molecule has 3 nitrogen and oxygen atoms in total. The number of halogens is 2. The van der Waals surface area contributed by atoms with Gasteiger partial charge in [-0.2, -0.15) is 0 Å². The second-order valence-electron chi connectivity index (χ2n) is 3.97. The van der Waals surface area contributed by atoms with Gasteiger partial charge in [0.05, 0.1) is 13.2 Å². The molecular formula is C13H14BrFN2OS. The second-order valence-corrected chi connectivity index (χ2v) is 5.83. The second kappa shape index (κ2) is 6.47. The molecule has 0 fully saturated rings. The maximum absolute atomic E-state index is 14.0. The first-order valence-corrected chi connectivity index (χ1v) is 7.35. The molecule has 0 bridgehead atoms. The van der Waals surface area contributed by atoms with Crippen molar-refractivity contribution in [3.05, 3.63) is 50.4 Å². The number of hydrazine groups is 1. The van der Waals surface area contributed by atoms with E-state index in [1.54, 1.807) is 23.5 Å². The van der Waals surface area contributed by atoms with E-state index in [9.17, 15) is 4.39 Å². The fourth-order valence-electron chi connectivity index (χ4n) is 1.93. The van der Waals surface area contributed by atoms with Crippen LogP contribution in [-0.2, 0) is 6.42 Å². The average Bonchev–Trinajstić information content (AvgIpc) is 2.81. The highest BCUT2D eigenvalue weighted by atomic mass is 79.9. The van der Waals surface area contributed by atoms with Crippen LogP contribution in [0.3, 0.4) is 0 Å². The Balaban J connectivity index is 2.34. The van der Waals surface area contributed by atoms with Crippen LogP contribution in [0, 0.1) is 5.82 Å². The summed E-state index contributed by atoms with van der Waals surface area (Å²) in [6, 6.07) is 6.38. The normalized spacial score (nSPS) is 12.4. The molecule has 102 valence electrons. The molecule has 0 saturated heterocycles. The highest BCUT2D eigenvalue weighted by Crippen LogP contribution is 2.33. The van der Waals surface area contributed by atoms with Crippen LogP contribution in [0.2, 0.25) is 0 Å². The summed E-state index contributed by atoms with van der Waals surface area (Å²) in [4.78, 5) is 1.10. The minimum Gasteiger partial charge on any atom is -0.496 e. The zero-order valence-electron chi connectivity index (χ0n) is 10.3. The highest BCUT2D eigenvalue weighted by molar-refractivity contribution is 9.10. The lowest BCUT2D eigenvalue weighted by molar-refractivity contribution is 0.390. The Hall–Kier alpha value is -0.950. The number of ether oxygens (including phenoxy) is 1. The monoisotopic (exact) mass is 344 g/mol. The minimum atomic E-state index is -0.342. The van der Waals surface area contributed by atoms with Crippen LogP contribution in [0.1, 0.15) is 16.5 Å². The van der Waals surface area contributed by atoms with E-state index >= 15 is 0 Å². The van der Waals surface area contributed by atoms with E-state index in [-0.39, 0.29) is 11.9 Å². The fraction of sp³-hybridized carbons (Fsp3) is 0.231. The number of benzene rings is 1. The Morgan fingerprint density at radius 3 is 2.84 bits per heavy atom. The largest absolute Gasteiger partial charge is 0.496 e. The molecule has 0 aliphatic carbocycles. The Kier molecular flexibility index (Phi) is 4.93. The van der Waals surface area contributed by atoms with Crippen LogP contribution in [0.15, 0.2) is 34.1 Å². The first-order chi connectivity index (χ1) is 9.17. The van der Waals surface area contributed by atoms with Crippen LogP contribution in [0.5, 0.6) is 5.75 Å². The van der Waals surface area contributed by atoms with Gasteiger partial charge in [-0.05, 0) is 39.5 Å². The van der Waals surface area contributed by atoms with Crippen molar-refractivity contribution in [3.8, 4) is 5.75 Å². The quantitative estimate of drug-likeness (QED) is 0.645. The molecular weight excluding hydrogens is 331 g/mol. The summed E-state index contributed by atoms with van der Waals surface area (Å²) in [5.41, 5.74) is 3.12. The summed E-state index contributed by atoms with van der Waals surface area (Å²) in [5.74, 6) is 5.75. The van der Waals surface area contributed by atoms with E-state index in [2.05, 4.69) is 21.4 Å². The van der Waals surface area contributed by atoms with Crippen molar-refractivity contribution in [2.45, 2.75) is 12.5 Å². The van der Waals surface area contributed by atoms with Gasteiger partial charge in [0.1, 0.15) is 11.6 Å². The molecule has 1 atom stereocenters. The van der Waals surface area contributed by atoms with E-state index in [1.807, 2.05) is 11.4 Å². The van der Waals surface area contributed by atoms with Crippen LogP contribution < -0.4 is 16.0 Å². The maximum Gasteiger partial charge on any atom is 0.131 e. The van der Waals surface area contributed by atoms with Crippen molar-refractivity contribution < 1.29 is 9.13 Å². The van der Waals surface area contributed by atoms with Crippen molar-refractivity contribution in [2.24, 2.45) is 5.84 Å². The predicted molar refractivity (Wildman–Crippen MR) is 78.7 cm³/mol. The topological polar surface area (TPSA) is 47.3 Å². The Bertz CT molecular complexity index is 561. The van der Waals surface area contributed by atoms with E-state index in [1.165, 1.54) is 13.2 Å². The van der Waals surface area contributed by atoms with E-state index < -0.39 is 0 Å². The lowest BCUT2D eigenvalue weighted by Crippen LogP contribution is -2.30. The van der Waals surface area contributed by atoms with Gasteiger partial charge in [0, 0.05) is 21.3 Å². The standard InChI is InChI=1S/C13H14BrFN2OS/c1-18-11-4-2-3-9(15)13(11)10(17-16)7-12-8(14)5-6-19-12/h2-6,10,17H,7,16H2,1H3. The number of thiophene rings is 1. The lowest BCUT2D eigenvalue weighted by atomic mass is 10.0. The molecule has 19 heavy (non-hydrogen) atoms. The third-order valence-electron chi connectivity index (χ3n) is 2.86. The van der Waals surface area contributed by atoms with Gasteiger partial charge in [-0.1, -0.05) is 6.07 Å². The van der Waals surface area contributed by atoms with Crippen molar-refractivity contribution in [1.29, 1.82) is 0 Å². The number of nitrogens with one attached hydrogen (secondary N) is 1. The average molecular weight is 345 g/mol. The summed E-state index contributed by atoms with van der Waals surface area (Å²) in [6.45, 7) is 0. The Labute approximate surface area is 123 Å². The van der Waals surface area contributed by atoms with Crippen LogP contribution in [0.4, 0.5) is 4.39 Å². The third-order valence-corrected chi connectivity index (χ3v) is 4.81. The predicted octanol–water partition coefficient (Wildman–Crippen LogP) is 3.41. The zero-order chi connectivity index (χ0) is 13.8. The van der Waals surface area contributed by atoms with Gasteiger partial charge in [0.25, 0.3) is 0 Å². The number of hydrogen-bond donors (Lipinski definition) is 2. The SMILES string of the molecule is COc1cccc(F)c1C(Cc1sccc1Br)NN. The molecule has 6 heteroatoms. The molecule has 1 aromatic carbocycles. The van der Waals surface area contributed by atoms with Gasteiger partial charge in [-0.3, -0.25) is 11.3 Å². The van der Waals surface area contributed by atoms with Crippen LogP contribution in [-0.4, -0.2) is 7.11 Å². The van der Waals surface area contributed by atoms with Gasteiger partial charge >= 0.3 is 0 Å². The number of hydrogen-bond acceptors (Lipinski definition) is 4. The zero-order valence-corrected chi connectivity index (χ0v) is 12.7. The molecule has 2 aromatic rings. The summed E-state index contributed by atoms with van der Waals surface area (Å²) in [7, 11) is 1.52. The molecule has 0 saturated carbocycles. The molecule has 1 heterocycles. The van der Waals surface area contributed by atoms with Crippen LogP contribution >= 0.6 is 27.3 Å². The smallest absolute Gasteiger partial charge is 0.131 e. The summed E-state index contributed by atoms with van der Waals surface area (Å²) >= 11 is 5.07. The van der Waals surface area contributed by atoms with Gasteiger partial charge in [-0.15, -0.1) is 11.3 Å². The molecule has 3 N–H and O–H groups in total. The van der Waals surface area contributed by atoms with Crippen molar-refractivity contribution in [1.82, 2.24) is 5.43 Å². The number of rotatable bonds is 5. The minimum absolute atomic E-state index is 0.324. The van der Waals surface area contributed by atoms with E-state index in [0.29, 0.717) is 17.7 Å². The first kappa shape index (κ1) is 14.5. The Morgan fingerprint density at radius 2 is 2.26 bits per heavy atom. The molecule has 0 aliphatic rings. The molecule has 1 unspecified atom stereocenters. The fourth-order valence-corrected chi connectivity index (χ4v) is 3.50. The lowest BCUT2D eigenvalue weighted by Gasteiger charge is -2.19. The summed E-state index contributed by atoms with van der Waals surface area (Å²) in [6.07, 6.45) is 0.589. The number of nitrogens with two attached hydrogens (primary N) is 1.